The van der Waals surface area contributed by atoms with Crippen LogP contribution in [0.3, 0.4) is 0 Å². The monoisotopic (exact) mass is 464 g/mol. The predicted molar refractivity (Wildman–Crippen MR) is 121 cm³/mol. The van der Waals surface area contributed by atoms with E-state index in [-0.39, 0.29) is 11.8 Å². The lowest BCUT2D eigenvalue weighted by molar-refractivity contribution is -0.117. The molecule has 3 aromatic rings. The minimum atomic E-state index is -0.230. The summed E-state index contributed by atoms with van der Waals surface area (Å²) < 4.78 is 2.77. The highest BCUT2D eigenvalue weighted by atomic mass is 79.9. The number of hydrogen-bond donors (Lipinski definition) is 1. The lowest BCUT2D eigenvalue weighted by Gasteiger charge is -2.15. The van der Waals surface area contributed by atoms with Crippen molar-refractivity contribution >= 4 is 45.3 Å². The maximum absolute atomic E-state index is 12.4. The smallest absolute Gasteiger partial charge is 0.249 e. The minimum Gasteiger partial charge on any atom is -0.312 e. The van der Waals surface area contributed by atoms with Crippen LogP contribution in [0.25, 0.3) is 6.08 Å². The van der Waals surface area contributed by atoms with E-state index in [0.29, 0.717) is 18.8 Å². The van der Waals surface area contributed by atoms with Gasteiger partial charge in [-0.2, -0.15) is 5.10 Å². The first-order valence-corrected chi connectivity index (χ1v) is 10.5. The second-order valence-electron chi connectivity index (χ2n) is 7.06. The Bertz CT molecular complexity index is 1070. The van der Waals surface area contributed by atoms with Crippen molar-refractivity contribution in [2.75, 3.05) is 16.8 Å². The van der Waals surface area contributed by atoms with Crippen LogP contribution in [0.2, 0.25) is 0 Å². The number of rotatable bonds is 6. The highest BCUT2D eigenvalue weighted by molar-refractivity contribution is 9.10. The molecule has 1 N–H and O–H groups in total. The van der Waals surface area contributed by atoms with Crippen LogP contribution in [0.15, 0.2) is 71.3 Å². The zero-order chi connectivity index (χ0) is 20.9. The van der Waals surface area contributed by atoms with Gasteiger partial charge in [-0.25, -0.2) is 4.68 Å². The number of nitrogens with one attached hydrogen (secondary N) is 1. The summed E-state index contributed by atoms with van der Waals surface area (Å²) in [6.07, 6.45) is 6.42. The van der Waals surface area contributed by atoms with Crippen molar-refractivity contribution in [1.82, 2.24) is 9.78 Å². The maximum atomic E-state index is 12.4. The van der Waals surface area contributed by atoms with Crippen LogP contribution in [0.5, 0.6) is 0 Å². The van der Waals surface area contributed by atoms with Gasteiger partial charge in [0.05, 0.1) is 12.7 Å². The van der Waals surface area contributed by atoms with Gasteiger partial charge in [0.25, 0.3) is 0 Å². The number of amides is 2. The van der Waals surface area contributed by atoms with Gasteiger partial charge < -0.3 is 10.2 Å². The third-order valence-corrected chi connectivity index (χ3v) is 5.45. The molecule has 1 saturated heterocycles. The van der Waals surface area contributed by atoms with Crippen molar-refractivity contribution < 1.29 is 9.59 Å². The fourth-order valence-corrected chi connectivity index (χ4v) is 3.62. The highest BCUT2D eigenvalue weighted by Crippen LogP contribution is 2.22. The van der Waals surface area contributed by atoms with Gasteiger partial charge in [-0.1, -0.05) is 40.2 Å². The van der Waals surface area contributed by atoms with Gasteiger partial charge >= 0.3 is 0 Å². The Labute approximate surface area is 183 Å². The number of nitrogens with zero attached hydrogens (tertiary/aromatic N) is 3. The first kappa shape index (κ1) is 20.1. The zero-order valence-electron chi connectivity index (χ0n) is 16.3. The van der Waals surface area contributed by atoms with E-state index >= 15 is 0 Å². The molecular weight excluding hydrogens is 444 g/mol. The van der Waals surface area contributed by atoms with E-state index < -0.39 is 0 Å². The van der Waals surface area contributed by atoms with Crippen molar-refractivity contribution in [2.24, 2.45) is 0 Å². The molecule has 1 fully saturated rings. The molecule has 152 valence electrons. The second kappa shape index (κ2) is 9.09. The Hall–Kier alpha value is -3.19. The summed E-state index contributed by atoms with van der Waals surface area (Å²) in [4.78, 5) is 26.0. The molecule has 2 heterocycles. The average molecular weight is 465 g/mol. The molecule has 0 unspecified atom stereocenters. The van der Waals surface area contributed by atoms with E-state index in [1.807, 2.05) is 48.5 Å². The number of aromatic nitrogens is 2. The largest absolute Gasteiger partial charge is 0.312 e. The van der Waals surface area contributed by atoms with Crippen molar-refractivity contribution in [2.45, 2.75) is 19.4 Å². The molecule has 2 amide bonds. The molecule has 1 aromatic heterocycles. The van der Waals surface area contributed by atoms with Gasteiger partial charge in [0.15, 0.2) is 0 Å². The first-order chi connectivity index (χ1) is 14.6. The Morgan fingerprint density at radius 1 is 1.10 bits per heavy atom. The van der Waals surface area contributed by atoms with Crippen molar-refractivity contribution in [3.63, 3.8) is 0 Å². The van der Waals surface area contributed by atoms with Gasteiger partial charge in [0, 0.05) is 35.3 Å². The molecular formula is C23H21BrN4O2. The molecule has 0 bridgehead atoms. The molecule has 30 heavy (non-hydrogen) atoms. The third kappa shape index (κ3) is 4.86. The molecule has 2 aromatic carbocycles. The van der Waals surface area contributed by atoms with Crippen LogP contribution in [0, 0.1) is 0 Å². The van der Waals surface area contributed by atoms with Gasteiger partial charge in [-0.05, 0) is 47.9 Å². The van der Waals surface area contributed by atoms with E-state index in [9.17, 15) is 9.59 Å². The molecule has 0 aliphatic carbocycles. The number of carbonyl (C=O) groups excluding carboxylic acids is 2. The van der Waals surface area contributed by atoms with Crippen molar-refractivity contribution in [1.29, 1.82) is 0 Å². The van der Waals surface area contributed by atoms with E-state index in [1.165, 1.54) is 6.08 Å². The summed E-state index contributed by atoms with van der Waals surface area (Å²) >= 11 is 3.43. The van der Waals surface area contributed by atoms with Crippen LogP contribution in [0.4, 0.5) is 11.5 Å². The molecule has 7 heteroatoms. The second-order valence-corrected chi connectivity index (χ2v) is 7.98. The minimum absolute atomic E-state index is 0.164. The number of anilines is 2. The summed E-state index contributed by atoms with van der Waals surface area (Å²) in [5.74, 6) is 0.569. The van der Waals surface area contributed by atoms with Crippen LogP contribution < -0.4 is 10.2 Å². The molecule has 0 saturated carbocycles. The van der Waals surface area contributed by atoms with Crippen LogP contribution in [-0.2, 0) is 16.1 Å². The first-order valence-electron chi connectivity index (χ1n) is 9.74. The summed E-state index contributed by atoms with van der Waals surface area (Å²) in [6, 6.07) is 17.4. The standard InChI is InChI=1S/C23H21BrN4O2/c24-19-8-3-18(4-9-19)16-28-21(13-14-25-28)26-22(29)12-7-17-5-10-20(11-6-17)27-15-1-2-23(27)30/h3-14H,1-2,15-16H2,(H,26,29)/b12-7+. The van der Waals surface area contributed by atoms with Gasteiger partial charge in [-0.3, -0.25) is 9.59 Å². The summed E-state index contributed by atoms with van der Waals surface area (Å²) in [5.41, 5.74) is 2.88. The van der Waals surface area contributed by atoms with Gasteiger partial charge in [-0.15, -0.1) is 0 Å². The molecule has 4 rings (SSSR count). The Morgan fingerprint density at radius 2 is 1.87 bits per heavy atom. The average Bonchev–Trinajstić information content (AvgIpc) is 3.37. The van der Waals surface area contributed by atoms with Crippen LogP contribution in [-0.4, -0.2) is 28.1 Å². The van der Waals surface area contributed by atoms with E-state index in [2.05, 4.69) is 26.3 Å². The Kier molecular flexibility index (Phi) is 6.09. The number of halogens is 1. The normalized spacial score (nSPS) is 13.9. The van der Waals surface area contributed by atoms with Crippen molar-refractivity contribution in [3.05, 3.63) is 82.5 Å². The Balaban J connectivity index is 1.37. The molecule has 6 nitrogen and oxygen atoms in total. The maximum Gasteiger partial charge on any atom is 0.249 e. The molecule has 0 radical (unpaired) electrons. The topological polar surface area (TPSA) is 67.2 Å². The van der Waals surface area contributed by atoms with Gasteiger partial charge in [0.1, 0.15) is 5.82 Å². The molecule has 1 aliphatic heterocycles. The fraction of sp³-hybridized carbons (Fsp3) is 0.174. The summed E-state index contributed by atoms with van der Waals surface area (Å²) in [7, 11) is 0. The van der Waals surface area contributed by atoms with E-state index in [1.54, 1.807) is 27.9 Å². The predicted octanol–water partition coefficient (Wildman–Crippen LogP) is 4.47. The van der Waals surface area contributed by atoms with Gasteiger partial charge in [0.2, 0.25) is 11.8 Å². The van der Waals surface area contributed by atoms with Crippen LogP contribution in [0.1, 0.15) is 24.0 Å². The summed E-state index contributed by atoms with van der Waals surface area (Å²) in [5, 5.41) is 7.16. The Morgan fingerprint density at radius 3 is 2.57 bits per heavy atom. The number of carbonyl (C=O) groups is 2. The lowest BCUT2D eigenvalue weighted by atomic mass is 10.2. The zero-order valence-corrected chi connectivity index (χ0v) is 17.9. The number of hydrogen-bond acceptors (Lipinski definition) is 3. The molecule has 1 aliphatic rings. The molecule has 0 atom stereocenters. The quantitative estimate of drug-likeness (QED) is 0.547. The lowest BCUT2D eigenvalue weighted by Crippen LogP contribution is -2.23. The third-order valence-electron chi connectivity index (χ3n) is 4.92. The fourth-order valence-electron chi connectivity index (χ4n) is 3.35. The van der Waals surface area contributed by atoms with Crippen LogP contribution >= 0.6 is 15.9 Å². The van der Waals surface area contributed by atoms with E-state index in [0.717, 1.165) is 34.3 Å². The van der Waals surface area contributed by atoms with E-state index in [4.69, 9.17) is 0 Å². The number of benzene rings is 2. The van der Waals surface area contributed by atoms with Crippen molar-refractivity contribution in [3.8, 4) is 0 Å². The summed E-state index contributed by atoms with van der Waals surface area (Å²) in [6.45, 7) is 1.33. The molecule has 0 spiro atoms. The highest BCUT2D eigenvalue weighted by Gasteiger charge is 2.21. The SMILES string of the molecule is O=C(/C=C/c1ccc(N2CCCC2=O)cc1)Nc1ccnn1Cc1ccc(Br)cc1.